The summed E-state index contributed by atoms with van der Waals surface area (Å²) in [6, 6.07) is 6.45. The Labute approximate surface area is 107 Å². The SMILES string of the molecule is Cn1ccc2c(Cl)cc(C3(C)CCCN3)cc21. The van der Waals surface area contributed by atoms with Gasteiger partial charge in [0.25, 0.3) is 0 Å². The Kier molecular flexibility index (Phi) is 2.46. The molecule has 0 spiro atoms. The highest BCUT2D eigenvalue weighted by molar-refractivity contribution is 6.35. The maximum Gasteiger partial charge on any atom is 0.0503 e. The first kappa shape index (κ1) is 11.1. The van der Waals surface area contributed by atoms with Gasteiger partial charge in [0.1, 0.15) is 0 Å². The van der Waals surface area contributed by atoms with E-state index in [0.29, 0.717) is 0 Å². The molecule has 0 amide bonds. The fourth-order valence-corrected chi connectivity index (χ4v) is 3.06. The number of nitrogens with one attached hydrogen (secondary N) is 1. The van der Waals surface area contributed by atoms with Crippen molar-refractivity contribution in [3.8, 4) is 0 Å². The number of halogens is 1. The molecule has 1 aromatic heterocycles. The van der Waals surface area contributed by atoms with E-state index in [1.807, 2.05) is 0 Å². The van der Waals surface area contributed by atoms with E-state index in [-0.39, 0.29) is 5.54 Å². The van der Waals surface area contributed by atoms with E-state index in [0.717, 1.165) is 17.0 Å². The molecule has 0 bridgehead atoms. The van der Waals surface area contributed by atoms with Crippen molar-refractivity contribution in [1.29, 1.82) is 0 Å². The molecule has 2 nitrogen and oxygen atoms in total. The van der Waals surface area contributed by atoms with Crippen LogP contribution < -0.4 is 5.32 Å². The van der Waals surface area contributed by atoms with Crippen molar-refractivity contribution in [1.82, 2.24) is 9.88 Å². The number of benzene rings is 1. The molecule has 1 fully saturated rings. The van der Waals surface area contributed by atoms with Crippen molar-refractivity contribution < 1.29 is 0 Å². The average Bonchev–Trinajstić information content (AvgIpc) is 2.88. The van der Waals surface area contributed by atoms with Crippen LogP contribution in [0.2, 0.25) is 5.02 Å². The zero-order valence-electron chi connectivity index (χ0n) is 10.3. The molecule has 17 heavy (non-hydrogen) atoms. The summed E-state index contributed by atoms with van der Waals surface area (Å²) in [4.78, 5) is 0. The first-order valence-electron chi connectivity index (χ1n) is 6.10. The second-order valence-electron chi connectivity index (χ2n) is 5.18. The number of nitrogens with zero attached hydrogens (tertiary/aromatic N) is 1. The molecule has 0 saturated carbocycles. The third kappa shape index (κ3) is 1.67. The summed E-state index contributed by atoms with van der Waals surface area (Å²) in [5.74, 6) is 0. The van der Waals surface area contributed by atoms with Gasteiger partial charge in [0.2, 0.25) is 0 Å². The van der Waals surface area contributed by atoms with Crippen molar-refractivity contribution >= 4 is 22.5 Å². The number of aryl methyl sites for hydroxylation is 1. The van der Waals surface area contributed by atoms with E-state index in [4.69, 9.17) is 11.6 Å². The van der Waals surface area contributed by atoms with Gasteiger partial charge in [-0.1, -0.05) is 11.6 Å². The lowest BCUT2D eigenvalue weighted by molar-refractivity contribution is 0.435. The van der Waals surface area contributed by atoms with Gasteiger partial charge in [0.05, 0.1) is 5.02 Å². The van der Waals surface area contributed by atoms with Crippen LogP contribution in [0.25, 0.3) is 10.9 Å². The van der Waals surface area contributed by atoms with Gasteiger partial charge < -0.3 is 9.88 Å². The van der Waals surface area contributed by atoms with E-state index >= 15 is 0 Å². The highest BCUT2D eigenvalue weighted by Gasteiger charge is 2.30. The van der Waals surface area contributed by atoms with E-state index in [2.05, 4.69) is 48.3 Å². The van der Waals surface area contributed by atoms with Gasteiger partial charge in [0.15, 0.2) is 0 Å². The van der Waals surface area contributed by atoms with Crippen LogP contribution in [0, 0.1) is 0 Å². The molecule has 1 aromatic carbocycles. The predicted molar refractivity (Wildman–Crippen MR) is 72.5 cm³/mol. The van der Waals surface area contributed by atoms with E-state index in [9.17, 15) is 0 Å². The lowest BCUT2D eigenvalue weighted by Gasteiger charge is -2.25. The van der Waals surface area contributed by atoms with Crippen molar-refractivity contribution in [2.45, 2.75) is 25.3 Å². The number of rotatable bonds is 1. The standard InChI is InChI=1S/C14H17ClN2/c1-14(5-3-6-16-14)10-8-12(15)11-4-7-17(2)13(11)9-10/h4,7-9,16H,3,5-6H2,1-2H3. The minimum absolute atomic E-state index is 0.0854. The second-order valence-corrected chi connectivity index (χ2v) is 5.59. The molecule has 3 heteroatoms. The van der Waals surface area contributed by atoms with Crippen LogP contribution in [0.5, 0.6) is 0 Å². The molecule has 90 valence electrons. The molecule has 1 saturated heterocycles. The van der Waals surface area contributed by atoms with E-state index in [1.165, 1.54) is 23.9 Å². The lowest BCUT2D eigenvalue weighted by Crippen LogP contribution is -2.33. The molecule has 1 aliphatic rings. The van der Waals surface area contributed by atoms with Crippen LogP contribution in [-0.2, 0) is 12.6 Å². The Balaban J connectivity index is 2.20. The summed E-state index contributed by atoms with van der Waals surface area (Å²) in [7, 11) is 2.06. The smallest absolute Gasteiger partial charge is 0.0503 e. The highest BCUT2D eigenvalue weighted by atomic mass is 35.5. The Bertz CT molecular complexity index is 565. The topological polar surface area (TPSA) is 17.0 Å². The maximum absolute atomic E-state index is 6.37. The van der Waals surface area contributed by atoms with Gasteiger partial charge in [-0.3, -0.25) is 0 Å². The molecule has 0 radical (unpaired) electrons. The summed E-state index contributed by atoms with van der Waals surface area (Å²) >= 11 is 6.37. The summed E-state index contributed by atoms with van der Waals surface area (Å²) in [6.45, 7) is 3.36. The van der Waals surface area contributed by atoms with Crippen LogP contribution in [0.4, 0.5) is 0 Å². The normalized spacial score (nSPS) is 24.6. The Morgan fingerprint density at radius 1 is 1.41 bits per heavy atom. The molecule has 1 unspecified atom stereocenters. The average molecular weight is 249 g/mol. The van der Waals surface area contributed by atoms with E-state index in [1.54, 1.807) is 0 Å². The van der Waals surface area contributed by atoms with Crippen LogP contribution in [0.1, 0.15) is 25.3 Å². The van der Waals surface area contributed by atoms with Crippen LogP contribution in [0.15, 0.2) is 24.4 Å². The molecule has 0 aliphatic carbocycles. The molecule has 2 aromatic rings. The van der Waals surface area contributed by atoms with Crippen molar-refractivity contribution in [3.05, 3.63) is 35.0 Å². The maximum atomic E-state index is 6.37. The van der Waals surface area contributed by atoms with Crippen LogP contribution in [0.3, 0.4) is 0 Å². The highest BCUT2D eigenvalue weighted by Crippen LogP contribution is 2.35. The van der Waals surface area contributed by atoms with Crippen molar-refractivity contribution in [2.24, 2.45) is 7.05 Å². The number of fused-ring (bicyclic) bond motifs is 1. The van der Waals surface area contributed by atoms with E-state index < -0.39 is 0 Å². The monoisotopic (exact) mass is 248 g/mol. The van der Waals surface area contributed by atoms with Gasteiger partial charge in [-0.05, 0) is 50.1 Å². The number of hydrogen-bond acceptors (Lipinski definition) is 1. The zero-order valence-corrected chi connectivity index (χ0v) is 11.0. The number of aromatic nitrogens is 1. The molecular formula is C14H17ClN2. The first-order valence-corrected chi connectivity index (χ1v) is 6.48. The minimum Gasteiger partial charge on any atom is -0.350 e. The lowest BCUT2D eigenvalue weighted by atomic mass is 9.90. The van der Waals surface area contributed by atoms with Crippen LogP contribution >= 0.6 is 11.6 Å². The van der Waals surface area contributed by atoms with Crippen molar-refractivity contribution in [3.63, 3.8) is 0 Å². The Morgan fingerprint density at radius 2 is 2.24 bits per heavy atom. The summed E-state index contributed by atoms with van der Waals surface area (Å²) in [5.41, 5.74) is 2.60. The third-order valence-corrected chi connectivity index (χ3v) is 4.27. The Hall–Kier alpha value is -0.990. The number of hydrogen-bond donors (Lipinski definition) is 1. The van der Waals surface area contributed by atoms with Gasteiger partial charge in [-0.25, -0.2) is 0 Å². The molecule has 1 N–H and O–H groups in total. The molecule has 1 aliphatic heterocycles. The van der Waals surface area contributed by atoms with Crippen LogP contribution in [-0.4, -0.2) is 11.1 Å². The molecule has 3 rings (SSSR count). The quantitative estimate of drug-likeness (QED) is 0.818. The summed E-state index contributed by atoms with van der Waals surface area (Å²) in [5, 5.41) is 5.58. The summed E-state index contributed by atoms with van der Waals surface area (Å²) < 4.78 is 2.13. The summed E-state index contributed by atoms with van der Waals surface area (Å²) in [6.07, 6.45) is 4.48. The fraction of sp³-hybridized carbons (Fsp3) is 0.429. The largest absolute Gasteiger partial charge is 0.350 e. The fourth-order valence-electron chi connectivity index (χ4n) is 2.79. The predicted octanol–water partition coefficient (Wildman–Crippen LogP) is 3.43. The zero-order chi connectivity index (χ0) is 12.0. The first-order chi connectivity index (χ1) is 8.10. The molecule has 2 heterocycles. The van der Waals surface area contributed by atoms with Crippen molar-refractivity contribution in [2.75, 3.05) is 6.54 Å². The molecular weight excluding hydrogens is 232 g/mol. The van der Waals surface area contributed by atoms with Gasteiger partial charge in [-0.15, -0.1) is 0 Å². The second kappa shape index (κ2) is 3.76. The third-order valence-electron chi connectivity index (χ3n) is 3.96. The minimum atomic E-state index is 0.0854. The van der Waals surface area contributed by atoms with Gasteiger partial charge in [0, 0.05) is 29.7 Å². The van der Waals surface area contributed by atoms with Gasteiger partial charge >= 0.3 is 0 Å². The van der Waals surface area contributed by atoms with Gasteiger partial charge in [-0.2, -0.15) is 0 Å². The molecule has 1 atom stereocenters. The Morgan fingerprint density at radius 3 is 2.94 bits per heavy atom.